The number of thioether (sulfide) groups is 1. The monoisotopic (exact) mass is 178 g/mol. The predicted octanol–water partition coefficient (Wildman–Crippen LogP) is 3.93. The molecule has 0 heterocycles. The van der Waals surface area contributed by atoms with Gasteiger partial charge in [-0.1, -0.05) is 35.5 Å². The van der Waals surface area contributed by atoms with E-state index in [1.54, 1.807) is 11.8 Å². The summed E-state index contributed by atoms with van der Waals surface area (Å²) < 4.78 is 0. The molecular formula is C11H14S. The molecule has 0 aliphatic carbocycles. The predicted molar refractivity (Wildman–Crippen MR) is 56.6 cm³/mol. The molecule has 1 heteroatoms. The van der Waals surface area contributed by atoms with Gasteiger partial charge in [-0.05, 0) is 37.8 Å². The van der Waals surface area contributed by atoms with Gasteiger partial charge in [-0.15, -0.1) is 0 Å². The Morgan fingerprint density at radius 3 is 2.58 bits per heavy atom. The second kappa shape index (κ2) is 4.36. The fraction of sp³-hybridized carbons (Fsp3) is 0.273. The summed E-state index contributed by atoms with van der Waals surface area (Å²) in [4.78, 5) is 1.35. The maximum atomic E-state index is 2.21. The third-order valence-electron chi connectivity index (χ3n) is 1.66. The van der Waals surface area contributed by atoms with Gasteiger partial charge in [-0.2, -0.15) is 0 Å². The normalized spacial score (nSPS) is 10.9. The van der Waals surface area contributed by atoms with Gasteiger partial charge in [0.1, 0.15) is 0 Å². The topological polar surface area (TPSA) is 0 Å². The summed E-state index contributed by atoms with van der Waals surface area (Å²) in [7, 11) is 0. The van der Waals surface area contributed by atoms with Crippen LogP contribution in [0.4, 0.5) is 0 Å². The highest BCUT2D eigenvalue weighted by Crippen LogP contribution is 2.23. The fourth-order valence-electron chi connectivity index (χ4n) is 1.07. The van der Waals surface area contributed by atoms with Crippen LogP contribution in [0.15, 0.2) is 34.6 Å². The van der Waals surface area contributed by atoms with Crippen molar-refractivity contribution in [3.05, 3.63) is 40.8 Å². The summed E-state index contributed by atoms with van der Waals surface area (Å²) in [6.45, 7) is 6.31. The maximum Gasteiger partial charge on any atom is 0.0145 e. The Hall–Kier alpha value is -0.690. The van der Waals surface area contributed by atoms with Gasteiger partial charge >= 0.3 is 0 Å². The van der Waals surface area contributed by atoms with E-state index < -0.39 is 0 Å². The molecule has 0 radical (unpaired) electrons. The molecule has 0 N–H and O–H groups in total. The van der Waals surface area contributed by atoms with Crippen molar-refractivity contribution in [1.82, 2.24) is 0 Å². The third-order valence-corrected chi connectivity index (χ3v) is 2.78. The third kappa shape index (κ3) is 2.42. The zero-order valence-electron chi connectivity index (χ0n) is 7.79. The second-order valence-electron chi connectivity index (χ2n) is 2.86. The van der Waals surface area contributed by atoms with Gasteiger partial charge < -0.3 is 0 Å². The van der Waals surface area contributed by atoms with Crippen molar-refractivity contribution in [2.75, 3.05) is 0 Å². The van der Waals surface area contributed by atoms with E-state index >= 15 is 0 Å². The van der Waals surface area contributed by atoms with Crippen molar-refractivity contribution in [2.45, 2.75) is 25.7 Å². The summed E-state index contributed by atoms with van der Waals surface area (Å²) in [5.41, 5.74) is 2.69. The van der Waals surface area contributed by atoms with Crippen molar-refractivity contribution in [2.24, 2.45) is 0 Å². The van der Waals surface area contributed by atoms with Gasteiger partial charge in [0.2, 0.25) is 0 Å². The largest absolute Gasteiger partial charge is 0.0981 e. The van der Waals surface area contributed by atoms with Crippen molar-refractivity contribution in [3.8, 4) is 0 Å². The van der Waals surface area contributed by atoms with E-state index in [0.717, 1.165) is 0 Å². The first-order valence-electron chi connectivity index (χ1n) is 4.09. The van der Waals surface area contributed by atoms with Gasteiger partial charge in [0, 0.05) is 4.90 Å². The van der Waals surface area contributed by atoms with E-state index in [0.29, 0.717) is 0 Å². The van der Waals surface area contributed by atoms with E-state index in [9.17, 15) is 0 Å². The summed E-state index contributed by atoms with van der Waals surface area (Å²) in [5, 5.41) is 2.11. The number of allylic oxidation sites excluding steroid dienone is 1. The molecule has 0 spiro atoms. The highest BCUT2D eigenvalue weighted by Gasteiger charge is 1.95. The molecule has 0 saturated heterocycles. The van der Waals surface area contributed by atoms with Crippen LogP contribution >= 0.6 is 11.8 Å². The number of hydrogen-bond donors (Lipinski definition) is 0. The number of hydrogen-bond acceptors (Lipinski definition) is 1. The highest BCUT2D eigenvalue weighted by molar-refractivity contribution is 8.02. The summed E-state index contributed by atoms with van der Waals surface area (Å²) in [6.07, 6.45) is 2.06. The zero-order valence-corrected chi connectivity index (χ0v) is 8.61. The Morgan fingerprint density at radius 2 is 2.00 bits per heavy atom. The van der Waals surface area contributed by atoms with Gasteiger partial charge in [0.05, 0.1) is 0 Å². The van der Waals surface area contributed by atoms with Crippen LogP contribution in [0.2, 0.25) is 0 Å². The van der Waals surface area contributed by atoms with Crippen LogP contribution in [0.1, 0.15) is 18.1 Å². The molecule has 1 aromatic rings. The number of rotatable bonds is 2. The fourth-order valence-corrected chi connectivity index (χ4v) is 1.75. The summed E-state index contributed by atoms with van der Waals surface area (Å²) in [6, 6.07) is 6.54. The lowest BCUT2D eigenvalue weighted by atomic mass is 10.2. The average Bonchev–Trinajstić information content (AvgIpc) is 2.03. The SMILES string of the molecule is C/C=C/Sc1ccc(C)cc1C. The Kier molecular flexibility index (Phi) is 3.42. The number of benzene rings is 1. The molecule has 64 valence electrons. The molecule has 0 saturated carbocycles. The smallest absolute Gasteiger partial charge is 0.0145 e. The van der Waals surface area contributed by atoms with Gasteiger partial charge in [0.25, 0.3) is 0 Å². The van der Waals surface area contributed by atoms with Crippen LogP contribution < -0.4 is 0 Å². The molecule has 0 aliphatic heterocycles. The molecule has 0 unspecified atom stereocenters. The quantitative estimate of drug-likeness (QED) is 0.618. The minimum Gasteiger partial charge on any atom is -0.0981 e. The van der Waals surface area contributed by atoms with E-state index in [1.807, 2.05) is 6.92 Å². The van der Waals surface area contributed by atoms with Gasteiger partial charge in [0.15, 0.2) is 0 Å². The van der Waals surface area contributed by atoms with Crippen LogP contribution in [-0.4, -0.2) is 0 Å². The molecule has 0 aromatic heterocycles. The van der Waals surface area contributed by atoms with Crippen LogP contribution in [0, 0.1) is 13.8 Å². The Bertz CT molecular complexity index is 287. The second-order valence-corrected chi connectivity index (χ2v) is 3.80. The van der Waals surface area contributed by atoms with E-state index in [2.05, 4.69) is 43.5 Å². The van der Waals surface area contributed by atoms with Crippen LogP contribution in [-0.2, 0) is 0 Å². The Labute approximate surface area is 78.7 Å². The lowest BCUT2D eigenvalue weighted by molar-refractivity contribution is 1.27. The van der Waals surface area contributed by atoms with Crippen molar-refractivity contribution < 1.29 is 0 Å². The number of aryl methyl sites for hydroxylation is 2. The molecule has 0 fully saturated rings. The molecule has 1 rings (SSSR count). The average molecular weight is 178 g/mol. The maximum absolute atomic E-state index is 2.21. The summed E-state index contributed by atoms with van der Waals surface area (Å²) in [5.74, 6) is 0. The molecule has 12 heavy (non-hydrogen) atoms. The minimum absolute atomic E-state index is 1.33. The lowest BCUT2D eigenvalue weighted by Gasteiger charge is -2.02. The highest BCUT2D eigenvalue weighted by atomic mass is 32.2. The lowest BCUT2D eigenvalue weighted by Crippen LogP contribution is -1.79. The van der Waals surface area contributed by atoms with Crippen LogP contribution in [0.5, 0.6) is 0 Å². The van der Waals surface area contributed by atoms with E-state index in [-0.39, 0.29) is 0 Å². The first kappa shape index (κ1) is 9.40. The molecule has 0 atom stereocenters. The molecule has 0 bridgehead atoms. The molecule has 0 aliphatic rings. The zero-order chi connectivity index (χ0) is 8.97. The van der Waals surface area contributed by atoms with E-state index in [1.165, 1.54) is 16.0 Å². The molecule has 1 aromatic carbocycles. The molecule has 0 nitrogen and oxygen atoms in total. The van der Waals surface area contributed by atoms with Crippen molar-refractivity contribution in [3.63, 3.8) is 0 Å². The van der Waals surface area contributed by atoms with Crippen molar-refractivity contribution >= 4 is 11.8 Å². The standard InChI is InChI=1S/C11H14S/c1-4-7-12-11-6-5-9(2)8-10(11)3/h4-8H,1-3H3/b7-4+. The van der Waals surface area contributed by atoms with Crippen LogP contribution in [0.3, 0.4) is 0 Å². The summed E-state index contributed by atoms with van der Waals surface area (Å²) >= 11 is 1.78. The minimum atomic E-state index is 1.33. The van der Waals surface area contributed by atoms with Crippen LogP contribution in [0.25, 0.3) is 0 Å². The molecule has 0 amide bonds. The Balaban J connectivity index is 2.86. The first-order valence-corrected chi connectivity index (χ1v) is 4.97. The van der Waals surface area contributed by atoms with Gasteiger partial charge in [-0.25, -0.2) is 0 Å². The van der Waals surface area contributed by atoms with Gasteiger partial charge in [-0.3, -0.25) is 0 Å². The van der Waals surface area contributed by atoms with E-state index in [4.69, 9.17) is 0 Å². The Morgan fingerprint density at radius 1 is 1.25 bits per heavy atom. The van der Waals surface area contributed by atoms with Crippen molar-refractivity contribution in [1.29, 1.82) is 0 Å². The first-order chi connectivity index (χ1) is 5.74. The molecular weight excluding hydrogens is 164 g/mol.